The molecule has 216 valence electrons. The summed E-state index contributed by atoms with van der Waals surface area (Å²) >= 11 is 15.0. The Morgan fingerprint density at radius 1 is 1.05 bits per heavy atom. The molecule has 12 heteroatoms. The van der Waals surface area contributed by atoms with Crippen molar-refractivity contribution in [3.63, 3.8) is 0 Å². The Balaban J connectivity index is 1.50. The number of hydrogen-bond donors (Lipinski definition) is 1. The number of unbranched alkanes of at least 4 members (excludes halogenated alkanes) is 1. The number of ether oxygens (including phenoxy) is 1. The first-order chi connectivity index (χ1) is 20.3. The maximum atomic E-state index is 13.5. The van der Waals surface area contributed by atoms with E-state index in [0.717, 1.165) is 29.7 Å². The summed E-state index contributed by atoms with van der Waals surface area (Å²) in [6.45, 7) is 2.63. The molecule has 0 aliphatic carbocycles. The van der Waals surface area contributed by atoms with Crippen molar-refractivity contribution in [3.05, 3.63) is 105 Å². The van der Waals surface area contributed by atoms with Gasteiger partial charge in [-0.3, -0.25) is 14.5 Å². The molecule has 5 rings (SSSR count). The first-order valence-corrected chi connectivity index (χ1v) is 15.5. The van der Waals surface area contributed by atoms with Gasteiger partial charge in [0, 0.05) is 11.3 Å². The summed E-state index contributed by atoms with van der Waals surface area (Å²) in [4.78, 5) is 28.1. The minimum atomic E-state index is -1.04. The van der Waals surface area contributed by atoms with E-state index in [1.165, 1.54) is 28.8 Å². The predicted molar refractivity (Wildman–Crippen MR) is 164 cm³/mol. The number of halogens is 3. The van der Waals surface area contributed by atoms with E-state index in [-0.39, 0.29) is 27.3 Å². The van der Waals surface area contributed by atoms with Crippen LogP contribution in [0, 0.1) is 5.82 Å². The first kappa shape index (κ1) is 30.0. The van der Waals surface area contributed by atoms with Gasteiger partial charge in [-0.2, -0.15) is 0 Å². The zero-order valence-electron chi connectivity index (χ0n) is 22.2. The molecule has 1 saturated heterocycles. The minimum Gasteiger partial charge on any atom is -0.507 e. The molecule has 1 aromatic heterocycles. The maximum Gasteiger partial charge on any atom is 0.301 e. The average Bonchev–Trinajstić information content (AvgIpc) is 3.56. The number of hydrogen-bond acceptors (Lipinski definition) is 8. The van der Waals surface area contributed by atoms with Crippen molar-refractivity contribution in [2.75, 3.05) is 11.5 Å². The Kier molecular flexibility index (Phi) is 9.47. The summed E-state index contributed by atoms with van der Waals surface area (Å²) < 4.78 is 19.5. The molecule has 1 amide bonds. The van der Waals surface area contributed by atoms with Gasteiger partial charge in [-0.15, -0.1) is 10.2 Å². The lowest BCUT2D eigenvalue weighted by atomic mass is 9.95. The maximum absolute atomic E-state index is 13.5. The molecule has 1 fully saturated rings. The van der Waals surface area contributed by atoms with Crippen molar-refractivity contribution in [1.29, 1.82) is 0 Å². The van der Waals surface area contributed by atoms with Gasteiger partial charge >= 0.3 is 5.91 Å². The SMILES string of the molecule is CCCCOc1ccc(C(O)=C2C(=O)C(=O)N(c3nnc(SCc4ccc(F)cc4)s3)C2c2ccc(Cl)c(Cl)c2)cc1. The van der Waals surface area contributed by atoms with Crippen molar-refractivity contribution < 1.29 is 23.8 Å². The second kappa shape index (κ2) is 13.2. The fourth-order valence-corrected chi connectivity index (χ4v) is 6.44. The second-order valence-corrected chi connectivity index (χ2v) is 12.3. The molecule has 4 aromatic rings. The van der Waals surface area contributed by atoms with Crippen molar-refractivity contribution >= 4 is 68.9 Å². The standard InChI is InChI=1S/C30H24Cl2FN3O4S2/c1-2-3-14-40-21-11-6-18(7-12-21)26(37)24-25(19-8-13-22(31)23(32)15-19)36(28(39)27(24)38)29-34-35-30(42-29)41-16-17-4-9-20(33)10-5-17/h4-13,15,25,37H,2-3,14,16H2,1H3. The van der Waals surface area contributed by atoms with E-state index >= 15 is 0 Å². The molecular weight excluding hydrogens is 620 g/mol. The van der Waals surface area contributed by atoms with Crippen LogP contribution in [0.1, 0.15) is 42.5 Å². The number of rotatable bonds is 10. The highest BCUT2D eigenvalue weighted by molar-refractivity contribution is 8.00. The van der Waals surface area contributed by atoms with E-state index in [1.54, 1.807) is 54.6 Å². The van der Waals surface area contributed by atoms with Crippen LogP contribution >= 0.6 is 46.3 Å². The fraction of sp³-hybridized carbons (Fsp3) is 0.200. The number of benzene rings is 3. The minimum absolute atomic E-state index is 0.117. The number of aliphatic hydroxyl groups excluding tert-OH is 1. The molecule has 1 aliphatic rings. The van der Waals surface area contributed by atoms with Crippen LogP contribution in [0.25, 0.3) is 5.76 Å². The molecule has 1 atom stereocenters. The summed E-state index contributed by atoms with van der Waals surface area (Å²) in [6, 6.07) is 16.5. The monoisotopic (exact) mass is 643 g/mol. The van der Waals surface area contributed by atoms with Gasteiger partial charge in [0.05, 0.1) is 28.3 Å². The number of thioether (sulfide) groups is 1. The summed E-state index contributed by atoms with van der Waals surface area (Å²) in [5.74, 6) is -1.28. The quantitative estimate of drug-likeness (QED) is 0.0466. The van der Waals surface area contributed by atoms with Gasteiger partial charge < -0.3 is 9.84 Å². The molecule has 3 aromatic carbocycles. The number of nitrogens with zero attached hydrogens (tertiary/aromatic N) is 3. The van der Waals surface area contributed by atoms with E-state index in [2.05, 4.69) is 17.1 Å². The van der Waals surface area contributed by atoms with Crippen LogP contribution in [0.3, 0.4) is 0 Å². The number of aliphatic hydroxyl groups is 1. The molecular formula is C30H24Cl2FN3O4S2. The van der Waals surface area contributed by atoms with Crippen LogP contribution in [0.4, 0.5) is 9.52 Å². The number of carbonyl (C=O) groups excluding carboxylic acids is 2. The number of Topliss-reactive ketones (excluding diaryl/α,β-unsaturated/α-hetero) is 1. The van der Waals surface area contributed by atoms with Crippen molar-refractivity contribution in [1.82, 2.24) is 10.2 Å². The third-order valence-corrected chi connectivity index (χ3v) is 9.34. The molecule has 0 radical (unpaired) electrons. The Morgan fingerprint density at radius 2 is 1.79 bits per heavy atom. The topological polar surface area (TPSA) is 92.6 Å². The molecule has 0 saturated carbocycles. The summed E-state index contributed by atoms with van der Waals surface area (Å²) in [5.41, 5.74) is 1.57. The Hall–Kier alpha value is -3.44. The highest BCUT2D eigenvalue weighted by Crippen LogP contribution is 2.45. The largest absolute Gasteiger partial charge is 0.507 e. The zero-order valence-corrected chi connectivity index (χ0v) is 25.4. The highest BCUT2D eigenvalue weighted by atomic mass is 35.5. The van der Waals surface area contributed by atoms with E-state index in [9.17, 15) is 19.1 Å². The third kappa shape index (κ3) is 6.47. The summed E-state index contributed by atoms with van der Waals surface area (Å²) in [6.07, 6.45) is 1.91. The Bertz CT molecular complexity index is 1650. The van der Waals surface area contributed by atoms with Crippen LogP contribution in [0.15, 0.2) is 76.6 Å². The fourth-order valence-electron chi connectivity index (χ4n) is 4.31. The number of ketones is 1. The first-order valence-electron chi connectivity index (χ1n) is 13.0. The summed E-state index contributed by atoms with van der Waals surface area (Å²) in [7, 11) is 0. The van der Waals surface area contributed by atoms with Gasteiger partial charge in [0.2, 0.25) is 5.13 Å². The van der Waals surface area contributed by atoms with Crippen molar-refractivity contribution in [2.24, 2.45) is 0 Å². The van der Waals surface area contributed by atoms with Gasteiger partial charge in [0.25, 0.3) is 5.78 Å². The second-order valence-electron chi connectivity index (χ2n) is 9.33. The van der Waals surface area contributed by atoms with Gasteiger partial charge in [-0.05, 0) is 66.1 Å². The van der Waals surface area contributed by atoms with Gasteiger partial charge in [-0.25, -0.2) is 4.39 Å². The molecule has 42 heavy (non-hydrogen) atoms. The average molecular weight is 645 g/mol. The van der Waals surface area contributed by atoms with Gasteiger partial charge in [0.1, 0.15) is 17.3 Å². The number of anilines is 1. The number of carbonyl (C=O) groups is 2. The zero-order chi connectivity index (χ0) is 29.8. The highest BCUT2D eigenvalue weighted by Gasteiger charge is 2.48. The Labute approximate surface area is 259 Å². The van der Waals surface area contributed by atoms with Crippen LogP contribution in [-0.4, -0.2) is 33.6 Å². The van der Waals surface area contributed by atoms with Crippen LogP contribution < -0.4 is 9.64 Å². The van der Waals surface area contributed by atoms with Crippen LogP contribution in [-0.2, 0) is 15.3 Å². The molecule has 0 bridgehead atoms. The lowest BCUT2D eigenvalue weighted by molar-refractivity contribution is -0.132. The molecule has 1 aliphatic heterocycles. The smallest absolute Gasteiger partial charge is 0.301 e. The van der Waals surface area contributed by atoms with E-state index in [0.29, 0.717) is 38.6 Å². The van der Waals surface area contributed by atoms with Crippen LogP contribution in [0.2, 0.25) is 10.0 Å². The Morgan fingerprint density at radius 3 is 2.48 bits per heavy atom. The van der Waals surface area contributed by atoms with Crippen LogP contribution in [0.5, 0.6) is 5.75 Å². The predicted octanol–water partition coefficient (Wildman–Crippen LogP) is 8.08. The molecule has 1 unspecified atom stereocenters. The van der Waals surface area contributed by atoms with Crippen molar-refractivity contribution in [3.8, 4) is 5.75 Å². The van der Waals surface area contributed by atoms with Gasteiger partial charge in [0.15, 0.2) is 4.34 Å². The lowest BCUT2D eigenvalue weighted by Gasteiger charge is -2.23. The third-order valence-electron chi connectivity index (χ3n) is 6.48. The van der Waals surface area contributed by atoms with E-state index in [4.69, 9.17) is 27.9 Å². The van der Waals surface area contributed by atoms with E-state index < -0.39 is 17.7 Å². The van der Waals surface area contributed by atoms with E-state index in [1.807, 2.05) is 0 Å². The lowest BCUT2D eigenvalue weighted by Crippen LogP contribution is -2.29. The normalized spacial score (nSPS) is 16.3. The molecule has 0 spiro atoms. The number of amides is 1. The van der Waals surface area contributed by atoms with Gasteiger partial charge in [-0.1, -0.05) is 77.8 Å². The number of aromatic nitrogens is 2. The molecule has 1 N–H and O–H groups in total. The molecule has 7 nitrogen and oxygen atoms in total. The molecule has 2 heterocycles. The van der Waals surface area contributed by atoms with Crippen molar-refractivity contribution in [2.45, 2.75) is 35.9 Å². The summed E-state index contributed by atoms with van der Waals surface area (Å²) in [5, 5.41) is 20.5.